The zero-order valence-electron chi connectivity index (χ0n) is 19.9. The van der Waals surface area contributed by atoms with Gasteiger partial charge in [0.05, 0.1) is 17.4 Å². The van der Waals surface area contributed by atoms with Crippen molar-refractivity contribution in [2.45, 2.75) is 51.0 Å². The molecule has 7 nitrogen and oxygen atoms in total. The second-order valence-electron chi connectivity index (χ2n) is 9.96. The van der Waals surface area contributed by atoms with Crippen LogP contribution in [-0.2, 0) is 0 Å². The summed E-state index contributed by atoms with van der Waals surface area (Å²) < 4.78 is 13.1. The van der Waals surface area contributed by atoms with E-state index >= 15 is 0 Å². The van der Waals surface area contributed by atoms with E-state index in [0.717, 1.165) is 70.1 Å². The molecule has 8 heteroatoms. The molecule has 2 aromatic heterocycles. The molecule has 35 heavy (non-hydrogen) atoms. The number of nitrogens with zero attached hydrogens (tertiary/aromatic N) is 3. The van der Waals surface area contributed by atoms with Crippen molar-refractivity contribution in [1.82, 2.24) is 25.2 Å². The Morgan fingerprint density at radius 3 is 2.49 bits per heavy atom. The fourth-order valence-electron chi connectivity index (χ4n) is 5.45. The average molecular weight is 478 g/mol. The van der Waals surface area contributed by atoms with Gasteiger partial charge in [0.15, 0.2) is 11.4 Å². The predicted molar refractivity (Wildman–Crippen MR) is 132 cm³/mol. The Morgan fingerprint density at radius 1 is 1.00 bits per heavy atom. The van der Waals surface area contributed by atoms with E-state index in [9.17, 15) is 14.0 Å². The Morgan fingerprint density at radius 2 is 1.74 bits per heavy atom. The lowest BCUT2D eigenvalue weighted by molar-refractivity contribution is 0.0832. The van der Waals surface area contributed by atoms with Crippen LogP contribution in [0.15, 0.2) is 42.9 Å². The number of carbonyl (C=O) groups excluding carboxylic acids is 2. The number of imidazole rings is 1. The van der Waals surface area contributed by atoms with Crippen molar-refractivity contribution in [2.24, 2.45) is 11.8 Å². The summed E-state index contributed by atoms with van der Waals surface area (Å²) in [6.07, 6.45) is 10.3. The molecule has 1 aromatic carbocycles. The Bertz CT molecular complexity index is 1160. The highest BCUT2D eigenvalue weighted by Gasteiger charge is 2.27. The SMILES string of the molecule is O=C(NC1CCC(CCN2CCC(C(=O)c3ccc(F)cc3)CC2)CC1)c1cnc2nc[nH]c2c1. The van der Waals surface area contributed by atoms with Gasteiger partial charge >= 0.3 is 0 Å². The van der Waals surface area contributed by atoms with Gasteiger partial charge in [-0.15, -0.1) is 0 Å². The van der Waals surface area contributed by atoms with E-state index in [1.165, 1.54) is 12.1 Å². The van der Waals surface area contributed by atoms with Crippen LogP contribution in [0.3, 0.4) is 0 Å². The standard InChI is InChI=1S/C27H32FN5O2/c28-22-5-3-19(4-6-22)25(34)20-10-13-33(14-11-20)12-9-18-1-7-23(8-2-18)32-27(35)21-15-24-26(29-16-21)31-17-30-24/h3-6,15-18,20,23H,1-2,7-14H2,(H,32,35)(H,29,30,31). The number of amides is 1. The molecule has 3 aromatic rings. The van der Waals surface area contributed by atoms with E-state index in [4.69, 9.17) is 0 Å². The Kier molecular flexibility index (Phi) is 7.18. The summed E-state index contributed by atoms with van der Waals surface area (Å²) in [6.45, 7) is 2.95. The number of piperidine rings is 1. The lowest BCUT2D eigenvalue weighted by Crippen LogP contribution is -2.39. The van der Waals surface area contributed by atoms with Crippen LogP contribution in [0.1, 0.15) is 65.7 Å². The second kappa shape index (κ2) is 10.6. The van der Waals surface area contributed by atoms with E-state index in [2.05, 4.69) is 25.2 Å². The number of likely N-dealkylation sites (tertiary alicyclic amines) is 1. The first kappa shape index (κ1) is 23.6. The van der Waals surface area contributed by atoms with Crippen molar-refractivity contribution in [3.05, 3.63) is 59.8 Å². The van der Waals surface area contributed by atoms with Gasteiger partial charge in [0, 0.05) is 23.7 Å². The second-order valence-corrected chi connectivity index (χ2v) is 9.96. The quantitative estimate of drug-likeness (QED) is 0.493. The van der Waals surface area contributed by atoms with Crippen LogP contribution < -0.4 is 5.32 Å². The van der Waals surface area contributed by atoms with E-state index in [1.807, 2.05) is 0 Å². The van der Waals surface area contributed by atoms with Crippen LogP contribution in [-0.4, -0.2) is 57.2 Å². The summed E-state index contributed by atoms with van der Waals surface area (Å²) in [6, 6.07) is 7.92. The predicted octanol–water partition coefficient (Wildman–Crippen LogP) is 4.37. The third kappa shape index (κ3) is 5.75. The topological polar surface area (TPSA) is 91.0 Å². The van der Waals surface area contributed by atoms with Crippen LogP contribution in [0, 0.1) is 17.7 Å². The van der Waals surface area contributed by atoms with E-state index in [1.54, 1.807) is 30.7 Å². The van der Waals surface area contributed by atoms with Crippen molar-refractivity contribution in [1.29, 1.82) is 0 Å². The van der Waals surface area contributed by atoms with Gasteiger partial charge in [-0.25, -0.2) is 14.4 Å². The molecule has 1 saturated heterocycles. The number of H-pyrrole nitrogens is 1. The first-order valence-corrected chi connectivity index (χ1v) is 12.7. The van der Waals surface area contributed by atoms with Crippen LogP contribution in [0.2, 0.25) is 0 Å². The van der Waals surface area contributed by atoms with Gasteiger partial charge in [-0.2, -0.15) is 0 Å². The summed E-state index contributed by atoms with van der Waals surface area (Å²) in [4.78, 5) is 39.1. The highest BCUT2D eigenvalue weighted by atomic mass is 19.1. The van der Waals surface area contributed by atoms with E-state index in [0.29, 0.717) is 22.7 Å². The number of rotatable bonds is 7. The van der Waals surface area contributed by atoms with Crippen molar-refractivity contribution >= 4 is 22.9 Å². The summed E-state index contributed by atoms with van der Waals surface area (Å²) in [5.41, 5.74) is 2.56. The molecular formula is C27H32FN5O2. The molecule has 1 aliphatic carbocycles. The monoisotopic (exact) mass is 477 g/mol. The number of ketones is 1. The maximum atomic E-state index is 13.1. The lowest BCUT2D eigenvalue weighted by atomic mass is 9.83. The van der Waals surface area contributed by atoms with Gasteiger partial charge < -0.3 is 15.2 Å². The molecule has 2 fully saturated rings. The molecule has 1 aliphatic heterocycles. The average Bonchev–Trinajstić information content (AvgIpc) is 3.37. The third-order valence-electron chi connectivity index (χ3n) is 7.66. The number of halogens is 1. The molecule has 1 saturated carbocycles. The summed E-state index contributed by atoms with van der Waals surface area (Å²) in [7, 11) is 0. The normalized spacial score (nSPS) is 21.7. The number of hydrogen-bond donors (Lipinski definition) is 2. The molecule has 0 bridgehead atoms. The van der Waals surface area contributed by atoms with Crippen molar-refractivity contribution in [3.63, 3.8) is 0 Å². The number of aromatic nitrogens is 3. The van der Waals surface area contributed by atoms with E-state index in [-0.39, 0.29) is 29.5 Å². The minimum Gasteiger partial charge on any atom is -0.349 e. The first-order valence-electron chi connectivity index (χ1n) is 12.7. The molecule has 3 heterocycles. The van der Waals surface area contributed by atoms with Crippen LogP contribution in [0.25, 0.3) is 11.2 Å². The largest absolute Gasteiger partial charge is 0.349 e. The van der Waals surface area contributed by atoms with Gasteiger partial charge in [0.25, 0.3) is 5.91 Å². The fraction of sp³-hybridized carbons (Fsp3) is 0.481. The van der Waals surface area contributed by atoms with Gasteiger partial charge in [0.1, 0.15) is 5.82 Å². The van der Waals surface area contributed by atoms with Crippen molar-refractivity contribution < 1.29 is 14.0 Å². The summed E-state index contributed by atoms with van der Waals surface area (Å²) in [5.74, 6) is 0.489. The maximum absolute atomic E-state index is 13.1. The highest BCUT2D eigenvalue weighted by molar-refractivity contribution is 5.98. The minimum atomic E-state index is -0.308. The molecule has 2 N–H and O–H groups in total. The van der Waals surface area contributed by atoms with Crippen LogP contribution in [0.5, 0.6) is 0 Å². The van der Waals surface area contributed by atoms with Gasteiger partial charge in [-0.3, -0.25) is 9.59 Å². The fourth-order valence-corrected chi connectivity index (χ4v) is 5.45. The van der Waals surface area contributed by atoms with Gasteiger partial charge in [0.2, 0.25) is 0 Å². The molecule has 1 amide bonds. The Balaban J connectivity index is 1.01. The van der Waals surface area contributed by atoms with Gasteiger partial charge in [-0.1, -0.05) is 0 Å². The minimum absolute atomic E-state index is 0.0416. The summed E-state index contributed by atoms with van der Waals surface area (Å²) >= 11 is 0. The molecule has 0 radical (unpaired) electrons. The van der Waals surface area contributed by atoms with Crippen LogP contribution in [0.4, 0.5) is 4.39 Å². The smallest absolute Gasteiger partial charge is 0.253 e. The van der Waals surface area contributed by atoms with E-state index < -0.39 is 0 Å². The molecule has 0 unspecified atom stereocenters. The first-order chi connectivity index (χ1) is 17.0. The zero-order valence-corrected chi connectivity index (χ0v) is 19.9. The number of aromatic amines is 1. The van der Waals surface area contributed by atoms with Crippen molar-refractivity contribution in [2.75, 3.05) is 19.6 Å². The molecule has 5 rings (SSSR count). The molecule has 2 aliphatic rings. The number of fused-ring (bicyclic) bond motifs is 1. The lowest BCUT2D eigenvalue weighted by Gasteiger charge is -2.34. The molecular weight excluding hydrogens is 445 g/mol. The number of benzene rings is 1. The number of hydrogen-bond acceptors (Lipinski definition) is 5. The Labute approximate surface area is 204 Å². The van der Waals surface area contributed by atoms with Gasteiger partial charge in [-0.05, 0) is 101 Å². The number of Topliss-reactive ketones (excluding diaryl/α,β-unsaturated/α-hetero) is 1. The third-order valence-corrected chi connectivity index (χ3v) is 7.66. The Hall–Kier alpha value is -3.13. The van der Waals surface area contributed by atoms with Crippen LogP contribution >= 0.6 is 0 Å². The number of pyridine rings is 1. The summed E-state index contributed by atoms with van der Waals surface area (Å²) in [5, 5.41) is 3.17. The molecule has 184 valence electrons. The number of nitrogens with one attached hydrogen (secondary N) is 2. The maximum Gasteiger partial charge on any atom is 0.253 e. The highest BCUT2D eigenvalue weighted by Crippen LogP contribution is 2.29. The zero-order chi connectivity index (χ0) is 24.2. The van der Waals surface area contributed by atoms with Crippen molar-refractivity contribution in [3.8, 4) is 0 Å². The molecule has 0 atom stereocenters. The molecule has 0 spiro atoms. The number of carbonyl (C=O) groups is 2.